The Balaban J connectivity index is 1.51. The molecule has 142 valence electrons. The first-order chi connectivity index (χ1) is 12.6. The van der Waals surface area contributed by atoms with Crippen LogP contribution in [0.4, 0.5) is 0 Å². The standard InChI is InChI=1S/C20H28N2O4/c21-20(24)15-6-8-16(9-7-15)26-18-11-12-25-13-17(18)22-19(23)10-5-14-3-1-2-4-14/h6-9,14,17-18H,1-5,10-13H2,(H2,21,24)(H,22,23)/t17-,18-/m1/s1. The molecule has 1 heterocycles. The summed E-state index contributed by atoms with van der Waals surface area (Å²) in [5.41, 5.74) is 5.70. The Hall–Kier alpha value is -2.08. The number of hydrogen-bond acceptors (Lipinski definition) is 4. The smallest absolute Gasteiger partial charge is 0.248 e. The minimum atomic E-state index is -0.463. The summed E-state index contributed by atoms with van der Waals surface area (Å²) in [7, 11) is 0. The highest BCUT2D eigenvalue weighted by molar-refractivity contribution is 5.92. The SMILES string of the molecule is NC(=O)c1ccc(O[C@@H]2CCOC[C@H]2NC(=O)CCC2CCCC2)cc1. The minimum Gasteiger partial charge on any atom is -0.488 e. The maximum absolute atomic E-state index is 12.3. The van der Waals surface area contributed by atoms with Gasteiger partial charge in [0.2, 0.25) is 11.8 Å². The van der Waals surface area contributed by atoms with Crippen LogP contribution < -0.4 is 15.8 Å². The molecule has 2 aliphatic rings. The monoisotopic (exact) mass is 360 g/mol. The van der Waals surface area contributed by atoms with E-state index < -0.39 is 5.91 Å². The molecular weight excluding hydrogens is 332 g/mol. The number of nitrogens with two attached hydrogens (primary N) is 1. The molecule has 0 spiro atoms. The molecule has 1 aliphatic carbocycles. The molecule has 1 aromatic carbocycles. The number of benzene rings is 1. The van der Waals surface area contributed by atoms with Crippen molar-refractivity contribution in [2.24, 2.45) is 11.7 Å². The third-order valence-corrected chi connectivity index (χ3v) is 5.32. The van der Waals surface area contributed by atoms with Crippen LogP contribution in [-0.4, -0.2) is 37.2 Å². The van der Waals surface area contributed by atoms with Gasteiger partial charge in [0, 0.05) is 18.4 Å². The number of carbonyl (C=O) groups excluding carboxylic acids is 2. The van der Waals surface area contributed by atoms with Crippen molar-refractivity contribution in [1.29, 1.82) is 0 Å². The number of carbonyl (C=O) groups is 2. The van der Waals surface area contributed by atoms with E-state index in [-0.39, 0.29) is 18.1 Å². The van der Waals surface area contributed by atoms with Crippen molar-refractivity contribution in [3.63, 3.8) is 0 Å². The summed E-state index contributed by atoms with van der Waals surface area (Å²) < 4.78 is 11.6. The largest absolute Gasteiger partial charge is 0.488 e. The first-order valence-corrected chi connectivity index (χ1v) is 9.55. The van der Waals surface area contributed by atoms with Crippen LogP contribution in [0.25, 0.3) is 0 Å². The van der Waals surface area contributed by atoms with E-state index >= 15 is 0 Å². The summed E-state index contributed by atoms with van der Waals surface area (Å²) in [6, 6.07) is 6.59. The number of rotatable bonds is 7. The Morgan fingerprint density at radius 3 is 2.58 bits per heavy atom. The molecule has 1 aliphatic heterocycles. The molecule has 0 aromatic heterocycles. The lowest BCUT2D eigenvalue weighted by atomic mass is 10.0. The highest BCUT2D eigenvalue weighted by Gasteiger charge is 2.29. The highest BCUT2D eigenvalue weighted by atomic mass is 16.5. The van der Waals surface area contributed by atoms with Crippen molar-refractivity contribution in [3.8, 4) is 5.75 Å². The molecular formula is C20H28N2O4. The number of hydrogen-bond donors (Lipinski definition) is 2. The molecule has 0 unspecified atom stereocenters. The quantitative estimate of drug-likeness (QED) is 0.781. The van der Waals surface area contributed by atoms with Crippen molar-refractivity contribution >= 4 is 11.8 Å². The van der Waals surface area contributed by atoms with Gasteiger partial charge in [0.1, 0.15) is 11.9 Å². The van der Waals surface area contributed by atoms with Gasteiger partial charge in [-0.3, -0.25) is 9.59 Å². The first kappa shape index (κ1) is 18.7. The molecule has 26 heavy (non-hydrogen) atoms. The topological polar surface area (TPSA) is 90.7 Å². The molecule has 2 atom stereocenters. The minimum absolute atomic E-state index is 0.0741. The molecule has 3 N–H and O–H groups in total. The van der Waals surface area contributed by atoms with E-state index in [1.54, 1.807) is 24.3 Å². The van der Waals surface area contributed by atoms with Gasteiger partial charge in [-0.2, -0.15) is 0 Å². The number of ether oxygens (including phenoxy) is 2. The average molecular weight is 360 g/mol. The summed E-state index contributed by atoms with van der Waals surface area (Å²) >= 11 is 0. The van der Waals surface area contributed by atoms with E-state index in [4.69, 9.17) is 15.2 Å². The average Bonchev–Trinajstić information content (AvgIpc) is 3.16. The van der Waals surface area contributed by atoms with E-state index in [1.165, 1.54) is 25.7 Å². The molecule has 3 rings (SSSR count). The van der Waals surface area contributed by atoms with Crippen molar-refractivity contribution < 1.29 is 19.1 Å². The van der Waals surface area contributed by atoms with Crippen LogP contribution in [0, 0.1) is 5.92 Å². The van der Waals surface area contributed by atoms with Gasteiger partial charge < -0.3 is 20.5 Å². The van der Waals surface area contributed by atoms with Gasteiger partial charge in [-0.15, -0.1) is 0 Å². The van der Waals surface area contributed by atoms with Crippen LogP contribution in [0.5, 0.6) is 5.75 Å². The van der Waals surface area contributed by atoms with E-state index in [2.05, 4.69) is 5.32 Å². The van der Waals surface area contributed by atoms with Crippen molar-refractivity contribution in [2.45, 2.75) is 57.1 Å². The molecule has 1 saturated carbocycles. The zero-order valence-electron chi connectivity index (χ0n) is 15.1. The van der Waals surface area contributed by atoms with Crippen molar-refractivity contribution in [1.82, 2.24) is 5.32 Å². The third-order valence-electron chi connectivity index (χ3n) is 5.32. The van der Waals surface area contributed by atoms with Crippen molar-refractivity contribution in [3.05, 3.63) is 29.8 Å². The van der Waals surface area contributed by atoms with Crippen LogP contribution in [0.3, 0.4) is 0 Å². The second kappa shape index (κ2) is 9.03. The van der Waals surface area contributed by atoms with Gasteiger partial charge >= 0.3 is 0 Å². The zero-order chi connectivity index (χ0) is 18.4. The summed E-state index contributed by atoms with van der Waals surface area (Å²) in [6.07, 6.45) is 7.23. The maximum atomic E-state index is 12.3. The Labute approximate surface area is 154 Å². The van der Waals surface area contributed by atoms with Crippen LogP contribution >= 0.6 is 0 Å². The second-order valence-corrected chi connectivity index (χ2v) is 7.27. The van der Waals surface area contributed by atoms with Crippen LogP contribution in [0.15, 0.2) is 24.3 Å². The Morgan fingerprint density at radius 2 is 1.88 bits per heavy atom. The van der Waals surface area contributed by atoms with Crippen molar-refractivity contribution in [2.75, 3.05) is 13.2 Å². The molecule has 0 bridgehead atoms. The van der Waals surface area contributed by atoms with Crippen LogP contribution in [-0.2, 0) is 9.53 Å². The molecule has 0 radical (unpaired) electrons. The van der Waals surface area contributed by atoms with Gasteiger partial charge in [0.25, 0.3) is 0 Å². The molecule has 6 nitrogen and oxygen atoms in total. The van der Waals surface area contributed by atoms with E-state index in [9.17, 15) is 9.59 Å². The maximum Gasteiger partial charge on any atom is 0.248 e. The zero-order valence-corrected chi connectivity index (χ0v) is 15.1. The molecule has 2 amide bonds. The lowest BCUT2D eigenvalue weighted by Crippen LogP contribution is -2.51. The Bertz CT molecular complexity index is 611. The third kappa shape index (κ3) is 5.21. The fourth-order valence-corrected chi connectivity index (χ4v) is 3.78. The lowest BCUT2D eigenvalue weighted by molar-refractivity contribution is -0.124. The number of amides is 2. The van der Waals surface area contributed by atoms with Gasteiger partial charge in [-0.1, -0.05) is 25.7 Å². The highest BCUT2D eigenvalue weighted by Crippen LogP contribution is 2.28. The molecule has 1 aromatic rings. The van der Waals surface area contributed by atoms with Gasteiger partial charge in [-0.25, -0.2) is 0 Å². The fraction of sp³-hybridized carbons (Fsp3) is 0.600. The van der Waals surface area contributed by atoms with Crippen LogP contribution in [0.2, 0.25) is 0 Å². The Kier molecular flexibility index (Phi) is 6.50. The predicted molar refractivity (Wildman–Crippen MR) is 97.9 cm³/mol. The molecule has 2 fully saturated rings. The molecule has 6 heteroatoms. The first-order valence-electron chi connectivity index (χ1n) is 9.55. The lowest BCUT2D eigenvalue weighted by Gasteiger charge is -2.32. The van der Waals surface area contributed by atoms with Crippen LogP contribution in [0.1, 0.15) is 55.3 Å². The van der Waals surface area contributed by atoms with E-state index in [0.29, 0.717) is 43.3 Å². The number of primary amides is 1. The van der Waals surface area contributed by atoms with Gasteiger partial charge in [-0.05, 0) is 36.6 Å². The predicted octanol–water partition coefficient (Wildman–Crippen LogP) is 2.41. The Morgan fingerprint density at radius 1 is 1.15 bits per heavy atom. The number of nitrogens with one attached hydrogen (secondary N) is 1. The summed E-state index contributed by atoms with van der Waals surface area (Å²) in [5.74, 6) is 0.978. The van der Waals surface area contributed by atoms with Gasteiger partial charge in [0.15, 0.2) is 0 Å². The van der Waals surface area contributed by atoms with Gasteiger partial charge in [0.05, 0.1) is 19.3 Å². The second-order valence-electron chi connectivity index (χ2n) is 7.27. The van der Waals surface area contributed by atoms with E-state index in [0.717, 1.165) is 6.42 Å². The summed E-state index contributed by atoms with van der Waals surface area (Å²) in [5, 5.41) is 3.08. The normalized spacial score (nSPS) is 23.5. The molecule has 1 saturated heterocycles. The summed E-state index contributed by atoms with van der Waals surface area (Å²) in [6.45, 7) is 1.07. The fourth-order valence-electron chi connectivity index (χ4n) is 3.78. The van der Waals surface area contributed by atoms with E-state index in [1.807, 2.05) is 0 Å². The summed E-state index contributed by atoms with van der Waals surface area (Å²) in [4.78, 5) is 23.5.